The van der Waals surface area contributed by atoms with Crippen LogP contribution in [0.2, 0.25) is 0 Å². The van der Waals surface area contributed by atoms with Gasteiger partial charge in [0.2, 0.25) is 0 Å². The number of ether oxygens (including phenoxy) is 1. The van der Waals surface area contributed by atoms with Crippen molar-refractivity contribution >= 4 is 39.2 Å². The van der Waals surface area contributed by atoms with E-state index < -0.39 is 5.97 Å². The Morgan fingerprint density at radius 2 is 1.88 bits per heavy atom. The highest BCUT2D eigenvalue weighted by atomic mass is 79.9. The number of aromatic nitrogens is 1. The van der Waals surface area contributed by atoms with Gasteiger partial charge in [-0.1, -0.05) is 0 Å². The summed E-state index contributed by atoms with van der Waals surface area (Å²) in [5, 5.41) is 2.72. The normalized spacial score (nSPS) is 13.6. The third-order valence-electron chi connectivity index (χ3n) is 3.90. The molecule has 130 valence electrons. The Bertz CT molecular complexity index is 758. The molecule has 0 atom stereocenters. The summed E-state index contributed by atoms with van der Waals surface area (Å²) in [6.07, 6.45) is 5.39. The Labute approximate surface area is 154 Å². The molecule has 7 heteroatoms. The van der Waals surface area contributed by atoms with E-state index in [2.05, 4.69) is 31.1 Å². The number of halogens is 1. The molecule has 0 saturated carbocycles. The van der Waals surface area contributed by atoms with E-state index in [4.69, 9.17) is 4.74 Å². The van der Waals surface area contributed by atoms with E-state index in [0.29, 0.717) is 10.2 Å². The van der Waals surface area contributed by atoms with Gasteiger partial charge in [-0.15, -0.1) is 0 Å². The van der Waals surface area contributed by atoms with Gasteiger partial charge in [0.1, 0.15) is 0 Å². The first-order chi connectivity index (χ1) is 12.1. The van der Waals surface area contributed by atoms with Crippen LogP contribution in [-0.4, -0.2) is 36.6 Å². The molecule has 25 heavy (non-hydrogen) atoms. The molecule has 1 aliphatic rings. The maximum atomic E-state index is 11.9. The maximum Gasteiger partial charge on any atom is 0.340 e. The zero-order chi connectivity index (χ0) is 17.6. The molecule has 6 nitrogen and oxygen atoms in total. The first kappa shape index (κ1) is 17.4. The number of anilines is 2. The average molecular weight is 404 g/mol. The summed E-state index contributed by atoms with van der Waals surface area (Å²) in [4.78, 5) is 30.0. The van der Waals surface area contributed by atoms with Crippen molar-refractivity contribution in [2.24, 2.45) is 0 Å². The largest absolute Gasteiger partial charge is 0.452 e. The predicted molar refractivity (Wildman–Crippen MR) is 98.7 cm³/mol. The number of amides is 1. The second-order valence-electron chi connectivity index (χ2n) is 5.76. The number of hydrogen-bond acceptors (Lipinski definition) is 5. The number of esters is 1. The van der Waals surface area contributed by atoms with Gasteiger partial charge in [-0.05, 0) is 59.1 Å². The van der Waals surface area contributed by atoms with Crippen LogP contribution in [0.5, 0.6) is 0 Å². The van der Waals surface area contributed by atoms with Crippen molar-refractivity contribution in [1.29, 1.82) is 0 Å². The predicted octanol–water partition coefficient (Wildman–Crippen LogP) is 3.24. The number of rotatable bonds is 5. The number of pyridine rings is 1. The van der Waals surface area contributed by atoms with Gasteiger partial charge in [-0.3, -0.25) is 9.78 Å². The van der Waals surface area contributed by atoms with Crippen LogP contribution in [0.4, 0.5) is 11.4 Å². The van der Waals surface area contributed by atoms with E-state index >= 15 is 0 Å². The average Bonchev–Trinajstić information content (AvgIpc) is 3.15. The molecule has 0 bridgehead atoms. The summed E-state index contributed by atoms with van der Waals surface area (Å²) in [7, 11) is 0. The van der Waals surface area contributed by atoms with Crippen molar-refractivity contribution in [2.45, 2.75) is 12.8 Å². The van der Waals surface area contributed by atoms with Gasteiger partial charge in [-0.2, -0.15) is 0 Å². The molecule has 1 aromatic carbocycles. The van der Waals surface area contributed by atoms with Crippen LogP contribution in [-0.2, 0) is 9.53 Å². The molecule has 1 N–H and O–H groups in total. The van der Waals surface area contributed by atoms with E-state index in [9.17, 15) is 9.59 Å². The summed E-state index contributed by atoms with van der Waals surface area (Å²) in [5.41, 5.74) is 2.12. The summed E-state index contributed by atoms with van der Waals surface area (Å²) in [6, 6.07) is 9.27. The highest BCUT2D eigenvalue weighted by molar-refractivity contribution is 9.10. The van der Waals surface area contributed by atoms with Gasteiger partial charge in [0.15, 0.2) is 6.61 Å². The van der Waals surface area contributed by atoms with Gasteiger partial charge in [0, 0.05) is 41.3 Å². The number of nitrogens with one attached hydrogen (secondary N) is 1. The van der Waals surface area contributed by atoms with Gasteiger partial charge in [0.05, 0.1) is 5.56 Å². The van der Waals surface area contributed by atoms with E-state index in [-0.39, 0.29) is 18.1 Å². The fourth-order valence-corrected chi connectivity index (χ4v) is 3.03. The van der Waals surface area contributed by atoms with Crippen LogP contribution in [0.1, 0.15) is 23.2 Å². The molecule has 0 spiro atoms. The van der Waals surface area contributed by atoms with E-state index in [1.54, 1.807) is 12.3 Å². The first-order valence-electron chi connectivity index (χ1n) is 8.04. The highest BCUT2D eigenvalue weighted by Gasteiger charge is 2.13. The smallest absolute Gasteiger partial charge is 0.340 e. The van der Waals surface area contributed by atoms with Crippen LogP contribution in [0.3, 0.4) is 0 Å². The third-order valence-corrected chi connectivity index (χ3v) is 4.33. The summed E-state index contributed by atoms with van der Waals surface area (Å²) in [5.74, 6) is -0.974. The molecule has 0 radical (unpaired) electrons. The second-order valence-corrected chi connectivity index (χ2v) is 6.67. The van der Waals surface area contributed by atoms with Crippen molar-refractivity contribution in [3.05, 3.63) is 52.8 Å². The molecular formula is C18H18BrN3O3. The SMILES string of the molecule is O=C(COC(=O)c1cncc(Br)c1)Nc1ccc(N2CCCC2)cc1. The van der Waals surface area contributed by atoms with Gasteiger partial charge in [-0.25, -0.2) is 4.79 Å². The fourth-order valence-electron chi connectivity index (χ4n) is 2.67. The molecule has 1 aliphatic heterocycles. The standard InChI is InChI=1S/C18H18BrN3O3/c19-14-9-13(10-20-11-14)18(24)25-12-17(23)21-15-3-5-16(6-4-15)22-7-1-2-8-22/h3-6,9-11H,1-2,7-8,12H2,(H,21,23). The van der Waals surface area contributed by atoms with E-state index in [1.165, 1.54) is 19.0 Å². The lowest BCUT2D eigenvalue weighted by molar-refractivity contribution is -0.119. The van der Waals surface area contributed by atoms with E-state index in [0.717, 1.165) is 18.8 Å². The fraction of sp³-hybridized carbons (Fsp3) is 0.278. The Kier molecular flexibility index (Phi) is 5.65. The zero-order valence-corrected chi connectivity index (χ0v) is 15.2. The van der Waals surface area contributed by atoms with Crippen LogP contribution in [0.15, 0.2) is 47.2 Å². The summed E-state index contributed by atoms with van der Waals surface area (Å²) in [6.45, 7) is 1.80. The van der Waals surface area contributed by atoms with Crippen LogP contribution in [0, 0.1) is 0 Å². The van der Waals surface area contributed by atoms with E-state index in [1.807, 2.05) is 24.3 Å². The molecule has 0 unspecified atom stereocenters. The van der Waals surface area contributed by atoms with Crippen molar-refractivity contribution in [2.75, 3.05) is 29.9 Å². The minimum atomic E-state index is -0.590. The molecular weight excluding hydrogens is 386 g/mol. The van der Waals surface area contributed by atoms with Gasteiger partial charge < -0.3 is 15.0 Å². The number of nitrogens with zero attached hydrogens (tertiary/aromatic N) is 2. The molecule has 1 fully saturated rings. The maximum absolute atomic E-state index is 11.9. The zero-order valence-electron chi connectivity index (χ0n) is 13.6. The molecule has 0 aliphatic carbocycles. The van der Waals surface area contributed by atoms with Crippen molar-refractivity contribution in [3.63, 3.8) is 0 Å². The Balaban J connectivity index is 1.49. The minimum Gasteiger partial charge on any atom is -0.452 e. The van der Waals surface area contributed by atoms with Crippen molar-refractivity contribution < 1.29 is 14.3 Å². The number of carbonyl (C=O) groups is 2. The van der Waals surface area contributed by atoms with Crippen LogP contribution < -0.4 is 10.2 Å². The quantitative estimate of drug-likeness (QED) is 0.775. The summed E-state index contributed by atoms with van der Waals surface area (Å²) < 4.78 is 5.67. The molecule has 1 aromatic heterocycles. The topological polar surface area (TPSA) is 71.5 Å². The lowest BCUT2D eigenvalue weighted by atomic mass is 10.2. The van der Waals surface area contributed by atoms with Crippen molar-refractivity contribution in [1.82, 2.24) is 4.98 Å². The summed E-state index contributed by atoms with van der Waals surface area (Å²) >= 11 is 3.23. The van der Waals surface area contributed by atoms with Crippen LogP contribution >= 0.6 is 15.9 Å². The molecule has 3 rings (SSSR count). The minimum absolute atomic E-state index is 0.289. The Morgan fingerprint density at radius 3 is 2.56 bits per heavy atom. The molecule has 2 heterocycles. The van der Waals surface area contributed by atoms with Gasteiger partial charge >= 0.3 is 5.97 Å². The molecule has 1 amide bonds. The Hall–Kier alpha value is -2.41. The molecule has 2 aromatic rings. The van der Waals surface area contributed by atoms with Crippen molar-refractivity contribution in [3.8, 4) is 0 Å². The molecule has 1 saturated heterocycles. The van der Waals surface area contributed by atoms with Gasteiger partial charge in [0.25, 0.3) is 5.91 Å². The lowest BCUT2D eigenvalue weighted by Crippen LogP contribution is -2.21. The number of carbonyl (C=O) groups excluding carboxylic acids is 2. The Morgan fingerprint density at radius 1 is 1.16 bits per heavy atom. The highest BCUT2D eigenvalue weighted by Crippen LogP contribution is 2.22. The first-order valence-corrected chi connectivity index (χ1v) is 8.84. The number of hydrogen-bond donors (Lipinski definition) is 1. The third kappa shape index (κ3) is 4.79. The number of benzene rings is 1. The van der Waals surface area contributed by atoms with Crippen LogP contribution in [0.25, 0.3) is 0 Å². The monoisotopic (exact) mass is 403 g/mol. The lowest BCUT2D eigenvalue weighted by Gasteiger charge is -2.17. The second kappa shape index (κ2) is 8.11.